The molecule has 0 aliphatic carbocycles. The van der Waals surface area contributed by atoms with Crippen LogP contribution in [0.1, 0.15) is 25.5 Å². The molecule has 0 saturated heterocycles. The fourth-order valence-electron chi connectivity index (χ4n) is 2.28. The van der Waals surface area contributed by atoms with Gasteiger partial charge in [0.05, 0.1) is 23.1 Å². The Morgan fingerprint density at radius 2 is 2.17 bits per heavy atom. The number of carbonyl (C=O) groups excluding carboxylic acids is 1. The summed E-state index contributed by atoms with van der Waals surface area (Å²) in [5.74, 6) is -1.26. The van der Waals surface area contributed by atoms with Crippen molar-refractivity contribution >= 4 is 29.0 Å². The van der Waals surface area contributed by atoms with E-state index in [0.29, 0.717) is 11.3 Å². The zero-order chi connectivity index (χ0) is 17.1. The van der Waals surface area contributed by atoms with Gasteiger partial charge in [0.1, 0.15) is 0 Å². The van der Waals surface area contributed by atoms with Crippen molar-refractivity contribution < 1.29 is 19.6 Å². The van der Waals surface area contributed by atoms with E-state index in [1.54, 1.807) is 13.8 Å². The van der Waals surface area contributed by atoms with Crippen LogP contribution in [0.15, 0.2) is 29.5 Å². The van der Waals surface area contributed by atoms with Crippen molar-refractivity contribution in [1.29, 1.82) is 0 Å². The number of rotatable bonds is 4. The molecule has 0 saturated carbocycles. The zero-order valence-corrected chi connectivity index (χ0v) is 13.2. The number of nitro benzene ring substituents is 1. The van der Waals surface area contributed by atoms with Crippen molar-refractivity contribution in [2.24, 2.45) is 0 Å². The first-order chi connectivity index (χ1) is 10.8. The smallest absolute Gasteiger partial charge is 0.338 e. The van der Waals surface area contributed by atoms with Crippen LogP contribution in [-0.2, 0) is 9.53 Å². The molecule has 2 rings (SSSR count). The maximum Gasteiger partial charge on any atom is 0.338 e. The Labute approximate surface area is 137 Å². The number of carbonyl (C=O) groups is 1. The molecule has 23 heavy (non-hydrogen) atoms. The van der Waals surface area contributed by atoms with E-state index in [1.165, 1.54) is 6.07 Å². The summed E-state index contributed by atoms with van der Waals surface area (Å²) in [6.07, 6.45) is 0. The normalized spacial score (nSPS) is 17.3. The molecular weight excluding hydrogens is 322 g/mol. The van der Waals surface area contributed by atoms with E-state index in [1.807, 2.05) is 0 Å². The van der Waals surface area contributed by atoms with Crippen LogP contribution in [0.3, 0.4) is 0 Å². The molecular formula is C14H14N3O5S-. The Morgan fingerprint density at radius 3 is 2.78 bits per heavy atom. The number of esters is 1. The highest BCUT2D eigenvalue weighted by Gasteiger charge is 2.31. The van der Waals surface area contributed by atoms with E-state index in [4.69, 9.17) is 17.0 Å². The molecule has 122 valence electrons. The molecule has 1 aromatic rings. The van der Waals surface area contributed by atoms with Crippen LogP contribution < -0.4 is 15.7 Å². The van der Waals surface area contributed by atoms with Gasteiger partial charge in [-0.2, -0.15) is 0 Å². The van der Waals surface area contributed by atoms with Gasteiger partial charge in [0.15, 0.2) is 5.11 Å². The molecule has 8 nitrogen and oxygen atoms in total. The van der Waals surface area contributed by atoms with E-state index in [-0.39, 0.29) is 17.3 Å². The first kappa shape index (κ1) is 16.7. The van der Waals surface area contributed by atoms with Crippen LogP contribution in [-0.4, -0.2) is 22.6 Å². The molecule has 2 N–H and O–H groups in total. The van der Waals surface area contributed by atoms with Crippen molar-refractivity contribution in [3.05, 3.63) is 45.1 Å². The third-order valence-corrected chi connectivity index (χ3v) is 3.50. The molecule has 0 amide bonds. The topological polar surface area (TPSA) is 117 Å². The molecule has 1 aliphatic heterocycles. The van der Waals surface area contributed by atoms with Crippen molar-refractivity contribution in [3.63, 3.8) is 0 Å². The molecule has 1 heterocycles. The lowest BCUT2D eigenvalue weighted by Gasteiger charge is -2.30. The Hall–Kier alpha value is -2.68. The standard InChI is InChI=1S/C14H15N3O5S/c1-3-22-13(19)11-7(2)15-14(23)16-12(11)8-4-5-10(18)9(6-8)17(20)21/h4-6,12,18H,3H2,1-2H3,(H2,15,16,23)/p-1/t12-/m1/s1. The Morgan fingerprint density at radius 1 is 1.48 bits per heavy atom. The summed E-state index contributed by atoms with van der Waals surface area (Å²) < 4.78 is 5.02. The van der Waals surface area contributed by atoms with Gasteiger partial charge in [0.2, 0.25) is 0 Å². The van der Waals surface area contributed by atoms with Crippen LogP contribution in [0, 0.1) is 10.1 Å². The first-order valence-electron chi connectivity index (χ1n) is 6.76. The summed E-state index contributed by atoms with van der Waals surface area (Å²) >= 11 is 5.07. The number of benzene rings is 1. The number of hydrogen-bond acceptors (Lipinski definition) is 6. The lowest BCUT2D eigenvalue weighted by molar-refractivity contribution is -0.398. The van der Waals surface area contributed by atoms with E-state index in [2.05, 4.69) is 10.6 Å². The van der Waals surface area contributed by atoms with Crippen molar-refractivity contribution in [2.75, 3.05) is 6.61 Å². The van der Waals surface area contributed by atoms with Gasteiger partial charge in [-0.05, 0) is 37.4 Å². The predicted octanol–water partition coefficient (Wildman–Crippen LogP) is 1.02. The Balaban J connectivity index is 2.52. The van der Waals surface area contributed by atoms with Crippen molar-refractivity contribution in [2.45, 2.75) is 19.9 Å². The van der Waals surface area contributed by atoms with Gasteiger partial charge in [-0.1, -0.05) is 12.1 Å². The van der Waals surface area contributed by atoms with Gasteiger partial charge in [-0.15, -0.1) is 0 Å². The van der Waals surface area contributed by atoms with E-state index >= 15 is 0 Å². The summed E-state index contributed by atoms with van der Waals surface area (Å²) in [5, 5.41) is 28.5. The van der Waals surface area contributed by atoms with Gasteiger partial charge in [-0.3, -0.25) is 10.1 Å². The highest BCUT2D eigenvalue weighted by Crippen LogP contribution is 2.32. The molecule has 0 bridgehead atoms. The molecule has 0 spiro atoms. The second-order valence-corrected chi connectivity index (χ2v) is 5.18. The lowest BCUT2D eigenvalue weighted by atomic mass is 9.95. The largest absolute Gasteiger partial charge is 0.868 e. The molecule has 0 fully saturated rings. The van der Waals surface area contributed by atoms with Crippen LogP contribution in [0.25, 0.3) is 0 Å². The molecule has 9 heteroatoms. The fourth-order valence-corrected chi connectivity index (χ4v) is 2.55. The van der Waals surface area contributed by atoms with E-state index in [9.17, 15) is 20.0 Å². The minimum Gasteiger partial charge on any atom is -0.868 e. The highest BCUT2D eigenvalue weighted by molar-refractivity contribution is 7.80. The number of thiocarbonyl (C=S) groups is 1. The molecule has 0 aromatic heterocycles. The fraction of sp³-hybridized carbons (Fsp3) is 0.286. The summed E-state index contributed by atoms with van der Waals surface area (Å²) in [6, 6.07) is 2.92. The number of ether oxygens (including phenoxy) is 1. The maximum atomic E-state index is 12.2. The Kier molecular flexibility index (Phi) is 4.80. The van der Waals surface area contributed by atoms with Crippen LogP contribution in [0.5, 0.6) is 5.75 Å². The molecule has 0 unspecified atom stereocenters. The minimum atomic E-state index is -0.758. The molecule has 1 atom stereocenters. The minimum absolute atomic E-state index is 0.187. The highest BCUT2D eigenvalue weighted by atomic mass is 32.1. The van der Waals surface area contributed by atoms with Gasteiger partial charge in [-0.25, -0.2) is 4.79 Å². The summed E-state index contributed by atoms with van der Waals surface area (Å²) in [7, 11) is 0. The summed E-state index contributed by atoms with van der Waals surface area (Å²) in [4.78, 5) is 22.4. The SMILES string of the molecule is CCOC(=O)C1=C(C)NC(=S)N[C@@H]1c1ccc([O-])c([N+](=O)[O-])c1. The van der Waals surface area contributed by atoms with Crippen molar-refractivity contribution in [1.82, 2.24) is 10.6 Å². The van der Waals surface area contributed by atoms with Crippen LogP contribution >= 0.6 is 12.2 Å². The average molecular weight is 336 g/mol. The quantitative estimate of drug-likeness (QED) is 0.362. The number of nitrogens with one attached hydrogen (secondary N) is 2. The first-order valence-corrected chi connectivity index (χ1v) is 7.16. The van der Waals surface area contributed by atoms with E-state index in [0.717, 1.165) is 12.1 Å². The number of hydrogen-bond donors (Lipinski definition) is 2. The summed E-state index contributed by atoms with van der Waals surface area (Å²) in [5.41, 5.74) is 0.566. The zero-order valence-electron chi connectivity index (χ0n) is 12.4. The number of allylic oxidation sites excluding steroid dienone is 1. The number of nitrogens with zero attached hydrogens (tertiary/aromatic N) is 1. The van der Waals surface area contributed by atoms with Crippen LogP contribution in [0.2, 0.25) is 0 Å². The van der Waals surface area contributed by atoms with Crippen LogP contribution in [0.4, 0.5) is 5.69 Å². The molecule has 0 radical (unpaired) electrons. The molecule has 1 aliphatic rings. The van der Waals surface area contributed by atoms with E-state index < -0.39 is 28.4 Å². The van der Waals surface area contributed by atoms with Gasteiger partial charge in [0, 0.05) is 11.8 Å². The third kappa shape index (κ3) is 3.39. The predicted molar refractivity (Wildman–Crippen MR) is 83.5 cm³/mol. The lowest BCUT2D eigenvalue weighted by Crippen LogP contribution is -2.45. The maximum absolute atomic E-state index is 12.2. The monoisotopic (exact) mass is 336 g/mol. The molecule has 1 aromatic carbocycles. The van der Waals surface area contributed by atoms with Crippen molar-refractivity contribution in [3.8, 4) is 5.75 Å². The van der Waals surface area contributed by atoms with Gasteiger partial charge in [0.25, 0.3) is 5.69 Å². The summed E-state index contributed by atoms with van der Waals surface area (Å²) in [6.45, 7) is 3.52. The average Bonchev–Trinajstić information content (AvgIpc) is 2.46. The second kappa shape index (κ2) is 6.61. The van der Waals surface area contributed by atoms with Gasteiger partial charge < -0.3 is 20.5 Å². The second-order valence-electron chi connectivity index (χ2n) is 4.77. The number of nitro groups is 1. The third-order valence-electron chi connectivity index (χ3n) is 3.28. The van der Waals surface area contributed by atoms with Gasteiger partial charge >= 0.3 is 5.97 Å². The Bertz CT molecular complexity index is 716.